The average molecular weight is 291 g/mol. The van der Waals surface area contributed by atoms with E-state index in [1.807, 2.05) is 37.3 Å². The third-order valence-electron chi connectivity index (χ3n) is 4.11. The summed E-state index contributed by atoms with van der Waals surface area (Å²) in [4.78, 5) is 12.2. The van der Waals surface area contributed by atoms with E-state index in [1.54, 1.807) is 0 Å². The first-order valence-corrected chi connectivity index (χ1v) is 7.73. The van der Waals surface area contributed by atoms with Crippen LogP contribution in [0.25, 0.3) is 0 Å². The van der Waals surface area contributed by atoms with E-state index in [1.165, 1.54) is 6.42 Å². The lowest BCUT2D eigenvalue weighted by Crippen LogP contribution is -2.46. The van der Waals surface area contributed by atoms with Crippen molar-refractivity contribution in [3.63, 3.8) is 0 Å². The summed E-state index contributed by atoms with van der Waals surface area (Å²) in [5.74, 6) is -0.0374. The van der Waals surface area contributed by atoms with Crippen molar-refractivity contribution < 1.29 is 14.6 Å². The Morgan fingerprint density at radius 2 is 2.14 bits per heavy atom. The summed E-state index contributed by atoms with van der Waals surface area (Å²) in [5, 5.41) is 12.6. The third-order valence-corrected chi connectivity index (χ3v) is 4.11. The van der Waals surface area contributed by atoms with Crippen LogP contribution in [0.1, 0.15) is 44.6 Å². The van der Waals surface area contributed by atoms with Gasteiger partial charge in [-0.2, -0.15) is 0 Å². The van der Waals surface area contributed by atoms with Gasteiger partial charge in [0.2, 0.25) is 5.91 Å². The van der Waals surface area contributed by atoms with E-state index >= 15 is 0 Å². The van der Waals surface area contributed by atoms with E-state index in [0.717, 1.165) is 31.4 Å². The molecule has 1 aromatic carbocycles. The molecule has 21 heavy (non-hydrogen) atoms. The number of hydrogen-bond acceptors (Lipinski definition) is 3. The van der Waals surface area contributed by atoms with Gasteiger partial charge in [-0.3, -0.25) is 4.79 Å². The number of amides is 1. The lowest BCUT2D eigenvalue weighted by molar-refractivity contribution is -0.124. The van der Waals surface area contributed by atoms with Gasteiger partial charge in [0.25, 0.3) is 0 Å². The molecular formula is C17H25NO3. The number of nitrogens with one attached hydrogen (secondary N) is 1. The van der Waals surface area contributed by atoms with Gasteiger partial charge in [-0.1, -0.05) is 30.3 Å². The molecule has 1 amide bonds. The molecule has 1 aromatic rings. The summed E-state index contributed by atoms with van der Waals surface area (Å²) in [7, 11) is 0. The minimum Gasteiger partial charge on any atom is -0.394 e. The molecule has 1 heterocycles. The van der Waals surface area contributed by atoms with E-state index in [4.69, 9.17) is 4.74 Å². The van der Waals surface area contributed by atoms with Crippen molar-refractivity contribution in [2.45, 2.75) is 50.7 Å². The molecule has 0 aliphatic carbocycles. The molecule has 2 N–H and O–H groups in total. The van der Waals surface area contributed by atoms with E-state index in [2.05, 4.69) is 5.32 Å². The number of aliphatic hydroxyl groups excluding tert-OH is 1. The van der Waals surface area contributed by atoms with Crippen LogP contribution in [0, 0.1) is 0 Å². The molecule has 116 valence electrons. The molecule has 1 fully saturated rings. The molecule has 4 nitrogen and oxygen atoms in total. The standard InChI is InChI=1S/C17H25NO3/c1-17(13-19,14-7-3-2-4-8-14)18-16(20)11-10-15-9-5-6-12-21-15/h2-4,7-8,15,19H,5-6,9-13H2,1H3,(H,18,20). The molecule has 0 saturated carbocycles. The Bertz CT molecular complexity index is 443. The first kappa shape index (κ1) is 16.0. The van der Waals surface area contributed by atoms with Gasteiger partial charge in [0.1, 0.15) is 0 Å². The van der Waals surface area contributed by atoms with Crippen LogP contribution in [-0.4, -0.2) is 30.3 Å². The van der Waals surface area contributed by atoms with Crippen LogP contribution in [0.5, 0.6) is 0 Å². The van der Waals surface area contributed by atoms with Crippen molar-refractivity contribution in [1.29, 1.82) is 0 Å². The van der Waals surface area contributed by atoms with E-state index < -0.39 is 5.54 Å². The maximum absolute atomic E-state index is 12.2. The van der Waals surface area contributed by atoms with Gasteiger partial charge in [0.15, 0.2) is 0 Å². The zero-order chi connectivity index (χ0) is 15.1. The van der Waals surface area contributed by atoms with Crippen molar-refractivity contribution in [3.8, 4) is 0 Å². The Labute approximate surface area is 126 Å². The fourth-order valence-corrected chi connectivity index (χ4v) is 2.71. The fourth-order valence-electron chi connectivity index (χ4n) is 2.71. The molecule has 0 aromatic heterocycles. The number of carbonyl (C=O) groups is 1. The highest BCUT2D eigenvalue weighted by Gasteiger charge is 2.27. The fraction of sp³-hybridized carbons (Fsp3) is 0.588. The van der Waals surface area contributed by atoms with Crippen LogP contribution in [0.15, 0.2) is 30.3 Å². The number of aliphatic hydroxyl groups is 1. The van der Waals surface area contributed by atoms with Gasteiger partial charge in [0, 0.05) is 13.0 Å². The predicted octanol–water partition coefficient (Wildman–Crippen LogP) is 2.36. The largest absolute Gasteiger partial charge is 0.394 e. The Kier molecular flexibility index (Phi) is 5.76. The van der Waals surface area contributed by atoms with Crippen molar-refractivity contribution in [2.24, 2.45) is 0 Å². The van der Waals surface area contributed by atoms with Crippen LogP contribution in [0.4, 0.5) is 0 Å². The highest BCUT2D eigenvalue weighted by molar-refractivity contribution is 5.77. The first-order valence-electron chi connectivity index (χ1n) is 7.73. The van der Waals surface area contributed by atoms with Crippen molar-refractivity contribution in [1.82, 2.24) is 5.32 Å². The molecule has 0 bridgehead atoms. The molecule has 1 aliphatic heterocycles. The molecule has 1 aliphatic rings. The van der Waals surface area contributed by atoms with E-state index in [0.29, 0.717) is 6.42 Å². The Hall–Kier alpha value is -1.39. The molecule has 2 atom stereocenters. The van der Waals surface area contributed by atoms with Crippen LogP contribution in [-0.2, 0) is 15.1 Å². The van der Waals surface area contributed by atoms with Crippen molar-refractivity contribution in [2.75, 3.05) is 13.2 Å². The summed E-state index contributed by atoms with van der Waals surface area (Å²) in [6.45, 7) is 2.53. The van der Waals surface area contributed by atoms with Crippen LogP contribution in [0.3, 0.4) is 0 Å². The molecule has 0 radical (unpaired) electrons. The quantitative estimate of drug-likeness (QED) is 0.846. The average Bonchev–Trinajstić information content (AvgIpc) is 2.54. The lowest BCUT2D eigenvalue weighted by Gasteiger charge is -2.30. The van der Waals surface area contributed by atoms with Gasteiger partial charge < -0.3 is 15.2 Å². The van der Waals surface area contributed by atoms with Gasteiger partial charge >= 0.3 is 0 Å². The van der Waals surface area contributed by atoms with Gasteiger partial charge in [0.05, 0.1) is 18.2 Å². The smallest absolute Gasteiger partial charge is 0.220 e. The normalized spacial score (nSPS) is 21.5. The summed E-state index contributed by atoms with van der Waals surface area (Å²) >= 11 is 0. The first-order chi connectivity index (χ1) is 10.1. The molecule has 4 heteroatoms. The molecule has 2 unspecified atom stereocenters. The maximum atomic E-state index is 12.2. The SMILES string of the molecule is CC(CO)(NC(=O)CCC1CCCCO1)c1ccccc1. The van der Waals surface area contributed by atoms with Crippen LogP contribution >= 0.6 is 0 Å². The number of benzene rings is 1. The third kappa shape index (κ3) is 4.55. The summed E-state index contributed by atoms with van der Waals surface area (Å²) in [5.41, 5.74) is 0.181. The van der Waals surface area contributed by atoms with Gasteiger partial charge in [-0.25, -0.2) is 0 Å². The topological polar surface area (TPSA) is 58.6 Å². The number of rotatable bonds is 6. The van der Waals surface area contributed by atoms with Gasteiger partial charge in [-0.15, -0.1) is 0 Å². The lowest BCUT2D eigenvalue weighted by atomic mass is 9.92. The monoisotopic (exact) mass is 291 g/mol. The molecular weight excluding hydrogens is 266 g/mol. The molecule has 2 rings (SSSR count). The summed E-state index contributed by atoms with van der Waals surface area (Å²) in [6.07, 6.45) is 4.75. The highest BCUT2D eigenvalue weighted by Crippen LogP contribution is 2.21. The minimum absolute atomic E-state index is 0.0374. The second-order valence-corrected chi connectivity index (χ2v) is 5.93. The second kappa shape index (κ2) is 7.57. The maximum Gasteiger partial charge on any atom is 0.220 e. The van der Waals surface area contributed by atoms with Gasteiger partial charge in [-0.05, 0) is 38.2 Å². The highest BCUT2D eigenvalue weighted by atomic mass is 16.5. The van der Waals surface area contributed by atoms with Crippen molar-refractivity contribution in [3.05, 3.63) is 35.9 Å². The van der Waals surface area contributed by atoms with Crippen molar-refractivity contribution >= 4 is 5.91 Å². The number of ether oxygens (including phenoxy) is 1. The molecule has 1 saturated heterocycles. The number of hydrogen-bond donors (Lipinski definition) is 2. The Morgan fingerprint density at radius 3 is 2.76 bits per heavy atom. The summed E-state index contributed by atoms with van der Waals surface area (Å²) in [6, 6.07) is 9.57. The van der Waals surface area contributed by atoms with E-state index in [9.17, 15) is 9.90 Å². The summed E-state index contributed by atoms with van der Waals surface area (Å²) < 4.78 is 5.64. The second-order valence-electron chi connectivity index (χ2n) is 5.93. The Balaban J connectivity index is 1.87. The minimum atomic E-state index is -0.730. The van der Waals surface area contributed by atoms with Crippen LogP contribution in [0.2, 0.25) is 0 Å². The van der Waals surface area contributed by atoms with E-state index in [-0.39, 0.29) is 18.6 Å². The number of carbonyl (C=O) groups excluding carboxylic acids is 1. The Morgan fingerprint density at radius 1 is 1.38 bits per heavy atom. The zero-order valence-corrected chi connectivity index (χ0v) is 12.7. The molecule has 0 spiro atoms. The van der Waals surface area contributed by atoms with Crippen LogP contribution < -0.4 is 5.32 Å². The zero-order valence-electron chi connectivity index (χ0n) is 12.7. The predicted molar refractivity (Wildman–Crippen MR) is 81.8 cm³/mol.